The van der Waals surface area contributed by atoms with Gasteiger partial charge in [0.25, 0.3) is 5.91 Å². The molecule has 3 aromatic rings. The van der Waals surface area contributed by atoms with Crippen molar-refractivity contribution in [3.8, 4) is 0 Å². The number of carbonyl (C=O) groups excluding carboxylic acids is 1. The zero-order valence-corrected chi connectivity index (χ0v) is 14.9. The summed E-state index contributed by atoms with van der Waals surface area (Å²) in [6.45, 7) is 3.13. The van der Waals surface area contributed by atoms with Gasteiger partial charge < -0.3 is 19.8 Å². The second kappa shape index (κ2) is 6.45. The fourth-order valence-corrected chi connectivity index (χ4v) is 3.50. The molecule has 0 radical (unpaired) electrons. The van der Waals surface area contributed by atoms with E-state index in [-0.39, 0.29) is 18.1 Å². The number of nitrogens with zero attached hydrogens (tertiary/aromatic N) is 5. The Morgan fingerprint density at radius 3 is 2.96 bits per heavy atom. The summed E-state index contributed by atoms with van der Waals surface area (Å²) in [5.74, 6) is 0.385. The molecule has 1 aliphatic rings. The average Bonchev–Trinajstić information content (AvgIpc) is 3.32. The van der Waals surface area contributed by atoms with Crippen LogP contribution in [0.15, 0.2) is 36.8 Å². The van der Waals surface area contributed by atoms with E-state index in [4.69, 9.17) is 10.5 Å². The average molecular weight is 354 g/mol. The van der Waals surface area contributed by atoms with Gasteiger partial charge in [-0.15, -0.1) is 0 Å². The lowest BCUT2D eigenvalue weighted by atomic mass is 10.2. The van der Waals surface area contributed by atoms with Crippen LogP contribution < -0.4 is 5.73 Å². The summed E-state index contributed by atoms with van der Waals surface area (Å²) in [5, 5.41) is 4.23. The van der Waals surface area contributed by atoms with Gasteiger partial charge in [-0.1, -0.05) is 0 Å². The lowest BCUT2D eigenvalue weighted by molar-refractivity contribution is 0.0674. The van der Waals surface area contributed by atoms with Gasteiger partial charge in [0.2, 0.25) is 0 Å². The van der Waals surface area contributed by atoms with E-state index < -0.39 is 0 Å². The van der Waals surface area contributed by atoms with Crippen LogP contribution in [0.3, 0.4) is 0 Å². The molecule has 8 nitrogen and oxygen atoms in total. The van der Waals surface area contributed by atoms with Crippen molar-refractivity contribution < 1.29 is 9.53 Å². The standard InChI is InChI=1S/C18H22N6O2/c1-12-3-5-22-11-15(20-17(22)7-12)18(25)24-10-14(26-2)8-13(24)9-23-6-4-16(19)21-23/h3-7,11,13-14H,8-10H2,1-2H3,(H2,19,21)/t13-,14+/m0/s1. The topological polar surface area (TPSA) is 90.7 Å². The van der Waals surface area contributed by atoms with Crippen LogP contribution >= 0.6 is 0 Å². The van der Waals surface area contributed by atoms with E-state index >= 15 is 0 Å². The molecule has 136 valence electrons. The van der Waals surface area contributed by atoms with Crippen LogP contribution in [0.2, 0.25) is 0 Å². The number of nitrogen functional groups attached to an aromatic ring is 1. The van der Waals surface area contributed by atoms with Crippen molar-refractivity contribution in [3.05, 3.63) is 48.0 Å². The second-order valence-electron chi connectivity index (χ2n) is 6.76. The van der Waals surface area contributed by atoms with Gasteiger partial charge in [0.1, 0.15) is 17.2 Å². The molecular weight excluding hydrogens is 332 g/mol. The summed E-state index contributed by atoms with van der Waals surface area (Å²) < 4.78 is 9.14. The van der Waals surface area contributed by atoms with Crippen molar-refractivity contribution in [1.82, 2.24) is 24.1 Å². The first-order chi connectivity index (χ1) is 12.5. The highest BCUT2D eigenvalue weighted by atomic mass is 16.5. The summed E-state index contributed by atoms with van der Waals surface area (Å²) in [6.07, 6.45) is 6.29. The van der Waals surface area contributed by atoms with Crippen molar-refractivity contribution in [2.45, 2.75) is 32.0 Å². The fourth-order valence-electron chi connectivity index (χ4n) is 3.50. The maximum absolute atomic E-state index is 13.1. The third-order valence-corrected chi connectivity index (χ3v) is 4.86. The van der Waals surface area contributed by atoms with Gasteiger partial charge in [-0.3, -0.25) is 9.48 Å². The number of hydrogen-bond acceptors (Lipinski definition) is 5. The molecule has 1 aliphatic heterocycles. The number of anilines is 1. The molecule has 0 bridgehead atoms. The Hall–Kier alpha value is -2.87. The fraction of sp³-hybridized carbons (Fsp3) is 0.389. The molecule has 2 N–H and O–H groups in total. The lowest BCUT2D eigenvalue weighted by Crippen LogP contribution is -2.38. The Balaban J connectivity index is 1.60. The molecule has 4 heterocycles. The molecule has 2 atom stereocenters. The van der Waals surface area contributed by atoms with Crippen molar-refractivity contribution >= 4 is 17.4 Å². The zero-order chi connectivity index (χ0) is 18.3. The molecular formula is C18H22N6O2. The van der Waals surface area contributed by atoms with Crippen LogP contribution in [0.5, 0.6) is 0 Å². The normalized spacial score (nSPS) is 20.2. The number of fused-ring (bicyclic) bond motifs is 1. The minimum Gasteiger partial charge on any atom is -0.382 e. The van der Waals surface area contributed by atoms with Crippen LogP contribution in [0.4, 0.5) is 5.82 Å². The van der Waals surface area contributed by atoms with E-state index in [2.05, 4.69) is 10.1 Å². The number of aromatic nitrogens is 4. The number of pyridine rings is 1. The minimum atomic E-state index is -0.0870. The molecule has 0 saturated carbocycles. The zero-order valence-electron chi connectivity index (χ0n) is 14.9. The number of hydrogen-bond donors (Lipinski definition) is 1. The minimum absolute atomic E-state index is 0.0103. The molecule has 26 heavy (non-hydrogen) atoms. The van der Waals surface area contributed by atoms with Crippen LogP contribution in [-0.4, -0.2) is 55.8 Å². The Morgan fingerprint density at radius 1 is 1.38 bits per heavy atom. The molecule has 0 spiro atoms. The number of likely N-dealkylation sites (tertiary alicyclic amines) is 1. The lowest BCUT2D eigenvalue weighted by Gasteiger charge is -2.23. The summed E-state index contributed by atoms with van der Waals surface area (Å²) in [4.78, 5) is 19.4. The summed E-state index contributed by atoms with van der Waals surface area (Å²) in [6, 6.07) is 5.69. The molecule has 4 rings (SSSR count). The quantitative estimate of drug-likeness (QED) is 0.764. The largest absolute Gasteiger partial charge is 0.382 e. The first-order valence-electron chi connectivity index (χ1n) is 8.61. The predicted molar refractivity (Wildman–Crippen MR) is 96.8 cm³/mol. The Kier molecular flexibility index (Phi) is 4.12. The predicted octanol–water partition coefficient (Wildman–Crippen LogP) is 1.35. The Labute approximate surface area is 151 Å². The Morgan fingerprint density at radius 2 is 2.23 bits per heavy atom. The van der Waals surface area contributed by atoms with E-state index in [1.54, 1.807) is 24.1 Å². The molecule has 0 aromatic carbocycles. The molecule has 3 aromatic heterocycles. The molecule has 0 unspecified atom stereocenters. The highest BCUT2D eigenvalue weighted by Crippen LogP contribution is 2.24. The number of nitrogens with two attached hydrogens (primary N) is 1. The maximum Gasteiger partial charge on any atom is 0.274 e. The summed E-state index contributed by atoms with van der Waals surface area (Å²) in [5.41, 5.74) is 8.02. The van der Waals surface area contributed by atoms with E-state index in [1.807, 2.05) is 40.8 Å². The third kappa shape index (κ3) is 3.03. The van der Waals surface area contributed by atoms with Crippen molar-refractivity contribution in [1.29, 1.82) is 0 Å². The SMILES string of the molecule is CO[C@@H]1C[C@@H](Cn2ccc(N)n2)N(C(=O)c2cn3ccc(C)cc3n2)C1. The number of aryl methyl sites for hydroxylation is 1. The van der Waals surface area contributed by atoms with Crippen molar-refractivity contribution in [3.63, 3.8) is 0 Å². The van der Waals surface area contributed by atoms with Gasteiger partial charge in [-0.05, 0) is 37.1 Å². The second-order valence-corrected chi connectivity index (χ2v) is 6.76. The number of amides is 1. The highest BCUT2D eigenvalue weighted by molar-refractivity contribution is 5.93. The number of carbonyl (C=O) groups is 1. The monoisotopic (exact) mass is 354 g/mol. The number of ether oxygens (including phenoxy) is 1. The van der Waals surface area contributed by atoms with Crippen LogP contribution in [-0.2, 0) is 11.3 Å². The molecule has 1 fully saturated rings. The molecule has 8 heteroatoms. The van der Waals surface area contributed by atoms with E-state index in [0.717, 1.165) is 17.6 Å². The smallest absolute Gasteiger partial charge is 0.274 e. The number of imidazole rings is 1. The van der Waals surface area contributed by atoms with Gasteiger partial charge >= 0.3 is 0 Å². The van der Waals surface area contributed by atoms with E-state index in [0.29, 0.717) is 24.6 Å². The van der Waals surface area contributed by atoms with Crippen molar-refractivity contribution in [2.75, 3.05) is 19.4 Å². The highest BCUT2D eigenvalue weighted by Gasteiger charge is 2.37. The molecule has 1 amide bonds. The number of methoxy groups -OCH3 is 1. The van der Waals surface area contributed by atoms with Crippen LogP contribution in [0.1, 0.15) is 22.5 Å². The third-order valence-electron chi connectivity index (χ3n) is 4.86. The first kappa shape index (κ1) is 16.6. The van der Waals surface area contributed by atoms with Crippen LogP contribution in [0, 0.1) is 6.92 Å². The first-order valence-corrected chi connectivity index (χ1v) is 8.61. The van der Waals surface area contributed by atoms with Crippen LogP contribution in [0.25, 0.3) is 5.65 Å². The van der Waals surface area contributed by atoms with Gasteiger partial charge in [0, 0.05) is 32.2 Å². The Bertz CT molecular complexity index is 946. The molecule has 0 aliphatic carbocycles. The van der Waals surface area contributed by atoms with Gasteiger partial charge in [0.15, 0.2) is 0 Å². The maximum atomic E-state index is 13.1. The van der Waals surface area contributed by atoms with Crippen molar-refractivity contribution in [2.24, 2.45) is 0 Å². The summed E-state index contributed by atoms with van der Waals surface area (Å²) in [7, 11) is 1.68. The summed E-state index contributed by atoms with van der Waals surface area (Å²) >= 11 is 0. The van der Waals surface area contributed by atoms with Gasteiger partial charge in [-0.25, -0.2) is 4.98 Å². The van der Waals surface area contributed by atoms with E-state index in [1.165, 1.54) is 0 Å². The van der Waals surface area contributed by atoms with Gasteiger partial charge in [-0.2, -0.15) is 5.10 Å². The number of rotatable bonds is 4. The molecule has 1 saturated heterocycles. The van der Waals surface area contributed by atoms with Gasteiger partial charge in [0.05, 0.1) is 18.7 Å². The van der Waals surface area contributed by atoms with E-state index in [9.17, 15) is 4.79 Å².